The van der Waals surface area contributed by atoms with E-state index in [-0.39, 0.29) is 0 Å². The van der Waals surface area contributed by atoms with Gasteiger partial charge in [-0.1, -0.05) is 0 Å². The monoisotopic (exact) mass is 272 g/mol. The molecule has 0 aliphatic carbocycles. The molecule has 2 fully saturated rings. The van der Waals surface area contributed by atoms with Gasteiger partial charge in [-0.05, 0) is 33.0 Å². The highest BCUT2D eigenvalue weighted by Crippen LogP contribution is 2.06. The van der Waals surface area contributed by atoms with E-state index in [1.807, 2.05) is 0 Å². The zero-order valence-corrected chi connectivity index (χ0v) is 12.2. The zero-order valence-electron chi connectivity index (χ0n) is 12.2. The first kappa shape index (κ1) is 15.2. The highest BCUT2D eigenvalue weighted by Gasteiger charge is 2.15. The van der Waals surface area contributed by atoms with E-state index in [4.69, 9.17) is 14.2 Å². The predicted octanol–water partition coefficient (Wildman–Crippen LogP) is 0.446. The molecule has 2 aliphatic heterocycles. The van der Waals surface area contributed by atoms with Gasteiger partial charge < -0.3 is 19.1 Å². The van der Waals surface area contributed by atoms with E-state index in [9.17, 15) is 0 Å². The fraction of sp³-hybridized carbons (Fsp3) is 1.00. The maximum Gasteiger partial charge on any atom is 0.0821 e. The molecule has 1 unspecified atom stereocenters. The quantitative estimate of drug-likeness (QED) is 0.672. The maximum atomic E-state index is 5.65. The minimum absolute atomic E-state index is 0.301. The Kier molecular flexibility index (Phi) is 7.09. The lowest BCUT2D eigenvalue weighted by Gasteiger charge is -2.28. The van der Waals surface area contributed by atoms with Crippen molar-refractivity contribution >= 4 is 0 Å². The van der Waals surface area contributed by atoms with Gasteiger partial charge in [-0.15, -0.1) is 0 Å². The van der Waals surface area contributed by atoms with Crippen molar-refractivity contribution in [1.29, 1.82) is 0 Å². The molecule has 112 valence electrons. The molecule has 1 atom stereocenters. The van der Waals surface area contributed by atoms with Gasteiger partial charge in [-0.25, -0.2) is 0 Å². The van der Waals surface area contributed by atoms with Crippen LogP contribution in [0.15, 0.2) is 0 Å². The molecule has 2 saturated heterocycles. The molecule has 0 bridgehead atoms. The molecule has 2 heterocycles. The summed E-state index contributed by atoms with van der Waals surface area (Å²) in [4.78, 5) is 4.90. The lowest BCUT2D eigenvalue weighted by molar-refractivity contribution is -0.0922. The Morgan fingerprint density at radius 2 is 1.89 bits per heavy atom. The van der Waals surface area contributed by atoms with Gasteiger partial charge in [0.2, 0.25) is 0 Å². The molecule has 0 aromatic carbocycles. The van der Waals surface area contributed by atoms with Gasteiger partial charge in [0.25, 0.3) is 0 Å². The van der Waals surface area contributed by atoms with Crippen molar-refractivity contribution in [3.63, 3.8) is 0 Å². The van der Waals surface area contributed by atoms with E-state index in [1.54, 1.807) is 0 Å². The molecular weight excluding hydrogens is 244 g/mol. The van der Waals surface area contributed by atoms with Gasteiger partial charge in [0, 0.05) is 19.6 Å². The summed E-state index contributed by atoms with van der Waals surface area (Å²) in [6.07, 6.45) is 2.61. The van der Waals surface area contributed by atoms with Crippen LogP contribution in [0.2, 0.25) is 0 Å². The number of nitrogens with zero attached hydrogens (tertiary/aromatic N) is 2. The SMILES string of the molecule is CN(CCCN1CCOCC1)CCC1COCCO1. The van der Waals surface area contributed by atoms with Crippen LogP contribution in [0, 0.1) is 0 Å². The summed E-state index contributed by atoms with van der Waals surface area (Å²) >= 11 is 0. The van der Waals surface area contributed by atoms with Crippen molar-refractivity contribution in [1.82, 2.24) is 9.80 Å². The Morgan fingerprint density at radius 1 is 1.05 bits per heavy atom. The number of hydrogen-bond acceptors (Lipinski definition) is 5. The summed E-state index contributed by atoms with van der Waals surface area (Å²) in [5.41, 5.74) is 0. The second-order valence-electron chi connectivity index (χ2n) is 5.47. The number of hydrogen-bond donors (Lipinski definition) is 0. The number of rotatable bonds is 7. The smallest absolute Gasteiger partial charge is 0.0821 e. The van der Waals surface area contributed by atoms with E-state index in [0.717, 1.165) is 65.6 Å². The average Bonchev–Trinajstić information content (AvgIpc) is 2.47. The van der Waals surface area contributed by atoms with Gasteiger partial charge in [0.15, 0.2) is 0 Å². The van der Waals surface area contributed by atoms with Gasteiger partial charge in [0.05, 0.1) is 39.1 Å². The fourth-order valence-corrected chi connectivity index (χ4v) is 2.57. The van der Waals surface area contributed by atoms with Crippen LogP contribution >= 0.6 is 0 Å². The summed E-state index contributed by atoms with van der Waals surface area (Å²) in [5, 5.41) is 0. The molecule has 0 spiro atoms. The minimum Gasteiger partial charge on any atom is -0.379 e. The normalized spacial score (nSPS) is 25.9. The molecule has 0 amide bonds. The lowest BCUT2D eigenvalue weighted by Crippen LogP contribution is -2.38. The first-order valence-electron chi connectivity index (χ1n) is 7.52. The standard InChI is InChI=1S/C14H28N2O3/c1-15(6-3-14-13-18-11-12-19-14)4-2-5-16-7-9-17-10-8-16/h14H,2-13H2,1H3. The highest BCUT2D eigenvalue weighted by molar-refractivity contribution is 4.66. The lowest BCUT2D eigenvalue weighted by atomic mass is 10.2. The minimum atomic E-state index is 0.301. The van der Waals surface area contributed by atoms with E-state index < -0.39 is 0 Å². The Balaban J connectivity index is 1.47. The van der Waals surface area contributed by atoms with Crippen LogP contribution in [0.4, 0.5) is 0 Å². The molecule has 0 aromatic rings. The van der Waals surface area contributed by atoms with Gasteiger partial charge in [-0.2, -0.15) is 0 Å². The van der Waals surface area contributed by atoms with Crippen LogP contribution in [0.25, 0.3) is 0 Å². The molecule has 2 aliphatic rings. The Labute approximate surface area is 116 Å². The number of morpholine rings is 1. The molecule has 0 radical (unpaired) electrons. The van der Waals surface area contributed by atoms with Crippen molar-refractivity contribution in [3.05, 3.63) is 0 Å². The predicted molar refractivity (Wildman–Crippen MR) is 74.5 cm³/mol. The largest absolute Gasteiger partial charge is 0.379 e. The van der Waals surface area contributed by atoms with Crippen LogP contribution in [0.3, 0.4) is 0 Å². The maximum absolute atomic E-state index is 5.65. The van der Waals surface area contributed by atoms with Crippen LogP contribution < -0.4 is 0 Å². The topological polar surface area (TPSA) is 34.2 Å². The Bertz CT molecular complexity index is 229. The van der Waals surface area contributed by atoms with E-state index >= 15 is 0 Å². The first-order valence-corrected chi connectivity index (χ1v) is 7.52. The third-order valence-electron chi connectivity index (χ3n) is 3.84. The van der Waals surface area contributed by atoms with Crippen molar-refractivity contribution in [2.75, 3.05) is 72.8 Å². The molecule has 19 heavy (non-hydrogen) atoms. The van der Waals surface area contributed by atoms with E-state index in [0.29, 0.717) is 6.10 Å². The van der Waals surface area contributed by atoms with Gasteiger partial charge in [0.1, 0.15) is 0 Å². The van der Waals surface area contributed by atoms with Crippen molar-refractivity contribution < 1.29 is 14.2 Å². The van der Waals surface area contributed by atoms with Crippen LogP contribution in [-0.4, -0.2) is 88.7 Å². The summed E-state index contributed by atoms with van der Waals surface area (Å²) in [7, 11) is 2.20. The van der Waals surface area contributed by atoms with Crippen LogP contribution in [0.1, 0.15) is 12.8 Å². The molecule has 0 N–H and O–H groups in total. The number of ether oxygens (including phenoxy) is 3. The van der Waals surface area contributed by atoms with Crippen molar-refractivity contribution in [2.45, 2.75) is 18.9 Å². The molecule has 2 rings (SSSR count). The summed E-state index contributed by atoms with van der Waals surface area (Å²) in [6.45, 7) is 9.70. The first-order chi connectivity index (χ1) is 9.34. The fourth-order valence-electron chi connectivity index (χ4n) is 2.57. The summed E-state index contributed by atoms with van der Waals surface area (Å²) in [5.74, 6) is 0. The Hall–Kier alpha value is -0.200. The van der Waals surface area contributed by atoms with Gasteiger partial charge in [-0.3, -0.25) is 4.90 Å². The second kappa shape index (κ2) is 8.87. The van der Waals surface area contributed by atoms with Crippen molar-refractivity contribution in [3.8, 4) is 0 Å². The summed E-state index contributed by atoms with van der Waals surface area (Å²) < 4.78 is 16.4. The van der Waals surface area contributed by atoms with Crippen molar-refractivity contribution in [2.24, 2.45) is 0 Å². The third kappa shape index (κ3) is 6.19. The molecule has 5 heteroatoms. The second-order valence-corrected chi connectivity index (χ2v) is 5.47. The average molecular weight is 272 g/mol. The molecular formula is C14H28N2O3. The van der Waals surface area contributed by atoms with E-state index in [1.165, 1.54) is 13.0 Å². The van der Waals surface area contributed by atoms with Crippen LogP contribution in [0.5, 0.6) is 0 Å². The van der Waals surface area contributed by atoms with Crippen LogP contribution in [-0.2, 0) is 14.2 Å². The molecule has 5 nitrogen and oxygen atoms in total. The Morgan fingerprint density at radius 3 is 2.63 bits per heavy atom. The van der Waals surface area contributed by atoms with E-state index in [2.05, 4.69) is 16.8 Å². The third-order valence-corrected chi connectivity index (χ3v) is 3.84. The molecule has 0 saturated carbocycles. The zero-order chi connectivity index (χ0) is 13.3. The van der Waals surface area contributed by atoms with Gasteiger partial charge >= 0.3 is 0 Å². The summed E-state index contributed by atoms with van der Waals surface area (Å²) in [6, 6.07) is 0. The molecule has 0 aromatic heterocycles. The highest BCUT2D eigenvalue weighted by atomic mass is 16.6.